The van der Waals surface area contributed by atoms with Gasteiger partial charge in [0.15, 0.2) is 5.75 Å². The number of rotatable bonds is 8. The molecule has 1 saturated heterocycles. The smallest absolute Gasteiger partial charge is 0.373 e. The van der Waals surface area contributed by atoms with E-state index in [9.17, 15) is 29.3 Å². The Bertz CT molecular complexity index is 1590. The van der Waals surface area contributed by atoms with Gasteiger partial charge in [0, 0.05) is 28.2 Å². The highest BCUT2D eigenvalue weighted by Gasteiger charge is 2.34. The van der Waals surface area contributed by atoms with E-state index in [1.165, 1.54) is 55.7 Å². The molecule has 12 nitrogen and oxygen atoms in total. The number of methoxy groups -OCH3 is 1. The van der Waals surface area contributed by atoms with E-state index in [4.69, 9.17) is 9.15 Å². The molecule has 1 N–H and O–H groups in total. The van der Waals surface area contributed by atoms with E-state index < -0.39 is 28.8 Å². The van der Waals surface area contributed by atoms with Crippen LogP contribution < -0.4 is 10.1 Å². The molecule has 1 fully saturated rings. The van der Waals surface area contributed by atoms with Gasteiger partial charge in [0.05, 0.1) is 23.1 Å². The van der Waals surface area contributed by atoms with Crippen molar-refractivity contribution in [2.24, 2.45) is 0 Å². The number of nitrogens with zero attached hydrogens (tertiary/aromatic N) is 2. The van der Waals surface area contributed by atoms with Crippen molar-refractivity contribution < 1.29 is 38.0 Å². The lowest BCUT2D eigenvalue weighted by Gasteiger charge is -2.10. The van der Waals surface area contributed by atoms with Gasteiger partial charge >= 0.3 is 18.0 Å². The van der Waals surface area contributed by atoms with Gasteiger partial charge in [-0.15, -0.1) is 0 Å². The Hall–Kier alpha value is -4.56. The van der Waals surface area contributed by atoms with Crippen LogP contribution in [0.1, 0.15) is 27.4 Å². The lowest BCUT2D eigenvalue weighted by Crippen LogP contribution is -2.30. The van der Waals surface area contributed by atoms with Crippen molar-refractivity contribution in [2.75, 3.05) is 7.11 Å². The zero-order valence-corrected chi connectivity index (χ0v) is 23.6. The van der Waals surface area contributed by atoms with Gasteiger partial charge in [0.1, 0.15) is 11.5 Å². The molecule has 0 bridgehead atoms. The Morgan fingerprint density at radius 1 is 1.12 bits per heavy atom. The molecule has 0 radical (unpaired) electrons. The minimum Gasteiger partial charge on any atom is -0.463 e. The molecule has 2 heterocycles. The van der Waals surface area contributed by atoms with Crippen LogP contribution in [0, 0.1) is 10.1 Å². The molecule has 40 heavy (non-hydrogen) atoms. The van der Waals surface area contributed by atoms with Crippen LogP contribution in [0.2, 0.25) is 0 Å². The number of hydrogen-bond acceptors (Lipinski definition) is 9. The first-order valence-electron chi connectivity index (χ1n) is 11.2. The van der Waals surface area contributed by atoms with Crippen LogP contribution in [0.25, 0.3) is 12.2 Å². The summed E-state index contributed by atoms with van der Waals surface area (Å²) in [7, 11) is 1.19. The van der Waals surface area contributed by atoms with Gasteiger partial charge in [-0.2, -0.15) is 0 Å². The molecule has 3 aromatic rings. The highest BCUT2D eigenvalue weighted by molar-refractivity contribution is 9.11. The molecule has 3 amide bonds. The van der Waals surface area contributed by atoms with E-state index in [2.05, 4.69) is 41.9 Å². The number of non-ortho nitro benzene ring substituents is 1. The normalized spacial score (nSPS) is 14.1. The minimum absolute atomic E-state index is 0.0725. The number of ether oxygens (including phenoxy) is 2. The number of urea groups is 1. The van der Waals surface area contributed by atoms with E-state index in [-0.39, 0.29) is 40.8 Å². The number of carbonyl (C=O) groups is 4. The van der Waals surface area contributed by atoms with Crippen LogP contribution in [-0.2, 0) is 20.9 Å². The number of nitro groups is 1. The Morgan fingerprint density at radius 2 is 1.85 bits per heavy atom. The third kappa shape index (κ3) is 6.52. The first kappa shape index (κ1) is 28.4. The molecule has 2 aromatic carbocycles. The molecule has 1 aromatic heterocycles. The first-order valence-corrected chi connectivity index (χ1v) is 12.8. The molecule has 204 valence electrons. The fourth-order valence-electron chi connectivity index (χ4n) is 3.50. The summed E-state index contributed by atoms with van der Waals surface area (Å²) in [5.74, 6) is -1.95. The summed E-state index contributed by atoms with van der Waals surface area (Å²) in [5.41, 5.74) is 0.649. The van der Waals surface area contributed by atoms with Gasteiger partial charge < -0.3 is 19.2 Å². The number of benzene rings is 2. The molecule has 0 aliphatic carbocycles. The number of nitro benzene ring substituents is 1. The molecule has 14 heteroatoms. The Labute approximate surface area is 242 Å². The number of imide groups is 1. The second kappa shape index (κ2) is 12.1. The summed E-state index contributed by atoms with van der Waals surface area (Å²) in [6, 6.07) is 10.9. The summed E-state index contributed by atoms with van der Waals surface area (Å²) in [6.07, 6.45) is 3.92. The summed E-state index contributed by atoms with van der Waals surface area (Å²) >= 11 is 6.69. The van der Waals surface area contributed by atoms with Crippen molar-refractivity contribution in [1.82, 2.24) is 10.2 Å². The monoisotopic (exact) mass is 673 g/mol. The first-order chi connectivity index (χ1) is 19.0. The molecular weight excluding hydrogens is 658 g/mol. The highest BCUT2D eigenvalue weighted by atomic mass is 79.9. The Morgan fingerprint density at radius 3 is 2.52 bits per heavy atom. The zero-order chi connectivity index (χ0) is 29.0. The molecule has 0 atom stereocenters. The van der Waals surface area contributed by atoms with Crippen molar-refractivity contribution in [3.05, 3.63) is 102 Å². The number of carbonyl (C=O) groups excluding carboxylic acids is 4. The van der Waals surface area contributed by atoms with Crippen molar-refractivity contribution >= 4 is 73.6 Å². The van der Waals surface area contributed by atoms with Gasteiger partial charge in [-0.1, -0.05) is 15.9 Å². The Balaban J connectivity index is 1.53. The number of hydrogen-bond donors (Lipinski definition) is 1. The molecule has 0 saturated carbocycles. The maximum Gasteiger partial charge on any atom is 0.373 e. The average Bonchev–Trinajstić information content (AvgIpc) is 3.49. The van der Waals surface area contributed by atoms with E-state index in [1.54, 1.807) is 12.1 Å². The van der Waals surface area contributed by atoms with Crippen molar-refractivity contribution in [3.63, 3.8) is 0 Å². The minimum atomic E-state index is -0.760. The number of halogens is 2. The predicted octanol–water partition coefficient (Wildman–Crippen LogP) is 5.21. The van der Waals surface area contributed by atoms with Crippen LogP contribution in [0.3, 0.4) is 0 Å². The number of nitrogens with one attached hydrogen (secondary N) is 1. The van der Waals surface area contributed by atoms with E-state index in [1.807, 2.05) is 0 Å². The summed E-state index contributed by atoms with van der Waals surface area (Å²) in [4.78, 5) is 60.9. The zero-order valence-electron chi connectivity index (χ0n) is 20.4. The highest BCUT2D eigenvalue weighted by Crippen LogP contribution is 2.35. The fraction of sp³-hybridized carbons (Fsp3) is 0.0769. The van der Waals surface area contributed by atoms with Crippen LogP contribution in [0.15, 0.2) is 73.7 Å². The van der Waals surface area contributed by atoms with E-state index in [0.29, 0.717) is 14.5 Å². The van der Waals surface area contributed by atoms with Gasteiger partial charge in [-0.25, -0.2) is 14.4 Å². The quantitative estimate of drug-likeness (QED) is 0.0845. The van der Waals surface area contributed by atoms with Crippen LogP contribution in [0.5, 0.6) is 5.75 Å². The predicted molar refractivity (Wildman–Crippen MR) is 147 cm³/mol. The van der Waals surface area contributed by atoms with Gasteiger partial charge in [-0.3, -0.25) is 19.8 Å². The van der Waals surface area contributed by atoms with Crippen molar-refractivity contribution in [3.8, 4) is 5.75 Å². The number of amides is 3. The lowest BCUT2D eigenvalue weighted by atomic mass is 10.1. The topological polar surface area (TPSA) is 158 Å². The molecule has 0 spiro atoms. The third-order valence-electron chi connectivity index (χ3n) is 5.38. The molecule has 1 aliphatic heterocycles. The largest absolute Gasteiger partial charge is 0.463 e. The summed E-state index contributed by atoms with van der Waals surface area (Å²) < 4.78 is 16.4. The van der Waals surface area contributed by atoms with Crippen LogP contribution >= 0.6 is 31.9 Å². The number of furan rings is 1. The maximum atomic E-state index is 13.0. The van der Waals surface area contributed by atoms with Gasteiger partial charge in [0.25, 0.3) is 11.6 Å². The van der Waals surface area contributed by atoms with Gasteiger partial charge in [-0.05, 0) is 70.0 Å². The van der Waals surface area contributed by atoms with Gasteiger partial charge in [0.2, 0.25) is 5.76 Å². The molecule has 4 rings (SSSR count). The Kier molecular flexibility index (Phi) is 8.60. The fourth-order valence-corrected chi connectivity index (χ4v) is 4.84. The molecule has 1 aliphatic rings. The average molecular weight is 675 g/mol. The SMILES string of the molecule is COC(=O)c1ccc(CN2C(=O)N/C(=C/c3cc(Br)cc(Br)c3OC(=O)/C=C/c3ccc([N+](=O)[O-])cc3)C2=O)o1. The second-order valence-electron chi connectivity index (χ2n) is 8.05. The maximum absolute atomic E-state index is 13.0. The molecular formula is C26H17Br2N3O9. The second-order valence-corrected chi connectivity index (χ2v) is 9.82. The molecule has 0 unspecified atom stereocenters. The standard InChI is InChI=1S/C26H17Br2N3O9/c1-38-25(34)21-8-7-18(39-21)13-30-24(33)20(29-26(30)35)11-15-10-16(27)12-19(28)23(15)40-22(32)9-4-14-2-5-17(6-3-14)31(36)37/h2-12H,13H2,1H3,(H,29,35)/b9-4+,20-11+. The number of esters is 2. The van der Waals surface area contributed by atoms with Crippen molar-refractivity contribution in [1.29, 1.82) is 0 Å². The van der Waals surface area contributed by atoms with E-state index in [0.717, 1.165) is 11.0 Å². The third-order valence-corrected chi connectivity index (χ3v) is 6.43. The van der Waals surface area contributed by atoms with E-state index >= 15 is 0 Å². The van der Waals surface area contributed by atoms with Crippen LogP contribution in [-0.4, -0.2) is 40.8 Å². The van der Waals surface area contributed by atoms with Crippen molar-refractivity contribution in [2.45, 2.75) is 6.54 Å². The van der Waals surface area contributed by atoms with Crippen LogP contribution in [0.4, 0.5) is 10.5 Å². The lowest BCUT2D eigenvalue weighted by molar-refractivity contribution is -0.384. The summed E-state index contributed by atoms with van der Waals surface area (Å²) in [6.45, 7) is -0.240. The summed E-state index contributed by atoms with van der Waals surface area (Å²) in [5, 5.41) is 13.3.